The molecule has 0 aliphatic carbocycles. The quantitative estimate of drug-likeness (QED) is 0.844. The smallest absolute Gasteiger partial charge is 0.176 e. The molecule has 0 bridgehead atoms. The Balaban J connectivity index is 3.40. The Kier molecular flexibility index (Phi) is 3.72. The molecule has 2 N–H and O–H groups in total. The monoisotopic (exact) mass is 259 g/mol. The minimum Gasteiger partial charge on any atom is -0.322 e. The standard InChI is InChI=1S/C11H17NO2S2/c1-11(2,12)8-5-6-10(16(4,13)14)9(7-8)15-3/h5-7H,12H2,1-4H3. The van der Waals surface area contributed by atoms with Gasteiger partial charge in [0.05, 0.1) is 4.90 Å². The number of hydrogen-bond donors (Lipinski definition) is 1. The van der Waals surface area contributed by atoms with E-state index >= 15 is 0 Å². The molecule has 0 amide bonds. The predicted molar refractivity (Wildman–Crippen MR) is 68.5 cm³/mol. The summed E-state index contributed by atoms with van der Waals surface area (Å²) in [5.74, 6) is 0. The predicted octanol–water partition coefficient (Wildman–Crippen LogP) is 2.01. The molecule has 3 nitrogen and oxygen atoms in total. The summed E-state index contributed by atoms with van der Waals surface area (Å²) in [4.78, 5) is 1.12. The molecule has 0 spiro atoms. The van der Waals surface area contributed by atoms with Crippen LogP contribution in [0.2, 0.25) is 0 Å². The molecular formula is C11H17NO2S2. The minimum atomic E-state index is -3.17. The molecule has 0 heterocycles. The van der Waals surface area contributed by atoms with Crippen molar-refractivity contribution in [2.75, 3.05) is 12.5 Å². The minimum absolute atomic E-state index is 0.369. The fraction of sp³-hybridized carbons (Fsp3) is 0.455. The molecule has 0 saturated heterocycles. The van der Waals surface area contributed by atoms with Gasteiger partial charge in [-0.1, -0.05) is 6.07 Å². The van der Waals surface area contributed by atoms with Crippen molar-refractivity contribution in [2.45, 2.75) is 29.2 Å². The molecule has 90 valence electrons. The van der Waals surface area contributed by atoms with Crippen LogP contribution in [0.25, 0.3) is 0 Å². The largest absolute Gasteiger partial charge is 0.322 e. The molecule has 0 saturated carbocycles. The van der Waals surface area contributed by atoms with Gasteiger partial charge in [-0.05, 0) is 37.8 Å². The van der Waals surface area contributed by atoms with E-state index in [9.17, 15) is 8.42 Å². The highest BCUT2D eigenvalue weighted by Gasteiger charge is 2.18. The zero-order chi connectivity index (χ0) is 12.6. The number of thioether (sulfide) groups is 1. The molecule has 1 aromatic rings. The summed E-state index contributed by atoms with van der Waals surface area (Å²) in [7, 11) is -3.17. The van der Waals surface area contributed by atoms with Gasteiger partial charge < -0.3 is 5.73 Å². The van der Waals surface area contributed by atoms with Gasteiger partial charge in [-0.3, -0.25) is 0 Å². The second-order valence-corrected chi connectivity index (χ2v) is 7.19. The average Bonchev–Trinajstić information content (AvgIpc) is 2.14. The number of benzene rings is 1. The SMILES string of the molecule is CSc1cc(C(C)(C)N)ccc1S(C)(=O)=O. The highest BCUT2D eigenvalue weighted by atomic mass is 32.2. The first kappa shape index (κ1) is 13.5. The maximum absolute atomic E-state index is 11.5. The van der Waals surface area contributed by atoms with Crippen molar-refractivity contribution in [2.24, 2.45) is 5.73 Å². The van der Waals surface area contributed by atoms with Crippen molar-refractivity contribution in [3.63, 3.8) is 0 Å². The number of hydrogen-bond acceptors (Lipinski definition) is 4. The van der Waals surface area contributed by atoms with Gasteiger partial charge in [-0.15, -0.1) is 11.8 Å². The first-order chi connectivity index (χ1) is 7.16. The van der Waals surface area contributed by atoms with Crippen molar-refractivity contribution in [3.05, 3.63) is 23.8 Å². The van der Waals surface area contributed by atoms with Crippen LogP contribution >= 0.6 is 11.8 Å². The van der Waals surface area contributed by atoms with Crippen molar-refractivity contribution in [1.82, 2.24) is 0 Å². The van der Waals surface area contributed by atoms with Crippen LogP contribution in [-0.4, -0.2) is 20.9 Å². The van der Waals surface area contributed by atoms with E-state index in [4.69, 9.17) is 5.73 Å². The van der Waals surface area contributed by atoms with Gasteiger partial charge in [-0.2, -0.15) is 0 Å². The van der Waals surface area contributed by atoms with Crippen LogP contribution in [0.3, 0.4) is 0 Å². The molecule has 16 heavy (non-hydrogen) atoms. The molecule has 0 fully saturated rings. The first-order valence-corrected chi connectivity index (χ1v) is 7.95. The van der Waals surface area contributed by atoms with Gasteiger partial charge in [0.25, 0.3) is 0 Å². The van der Waals surface area contributed by atoms with Crippen LogP contribution < -0.4 is 5.73 Å². The summed E-state index contributed by atoms with van der Waals surface area (Å²) in [6, 6.07) is 5.25. The summed E-state index contributed by atoms with van der Waals surface area (Å²) in [5, 5.41) is 0. The summed E-state index contributed by atoms with van der Waals surface area (Å²) in [6.45, 7) is 3.79. The van der Waals surface area contributed by atoms with E-state index in [-0.39, 0.29) is 0 Å². The van der Waals surface area contributed by atoms with Crippen molar-refractivity contribution >= 4 is 21.6 Å². The zero-order valence-electron chi connectivity index (χ0n) is 9.94. The van der Waals surface area contributed by atoms with Gasteiger partial charge in [0.1, 0.15) is 0 Å². The molecule has 0 radical (unpaired) electrons. The molecule has 1 aromatic carbocycles. The Morgan fingerprint density at radius 3 is 2.25 bits per heavy atom. The van der Waals surface area contributed by atoms with Crippen LogP contribution in [0.5, 0.6) is 0 Å². The van der Waals surface area contributed by atoms with E-state index < -0.39 is 15.4 Å². The van der Waals surface area contributed by atoms with Crippen LogP contribution in [0.4, 0.5) is 0 Å². The van der Waals surface area contributed by atoms with Crippen molar-refractivity contribution < 1.29 is 8.42 Å². The van der Waals surface area contributed by atoms with E-state index in [0.29, 0.717) is 4.90 Å². The van der Waals surface area contributed by atoms with Crippen LogP contribution in [-0.2, 0) is 15.4 Å². The Morgan fingerprint density at radius 1 is 1.31 bits per heavy atom. The van der Waals surface area contributed by atoms with Gasteiger partial charge in [0.2, 0.25) is 0 Å². The van der Waals surface area contributed by atoms with Crippen LogP contribution in [0.15, 0.2) is 28.0 Å². The van der Waals surface area contributed by atoms with E-state index in [0.717, 1.165) is 10.5 Å². The Hall–Kier alpha value is -0.520. The molecule has 0 aliphatic rings. The normalized spacial score (nSPS) is 12.8. The third kappa shape index (κ3) is 2.99. The first-order valence-electron chi connectivity index (χ1n) is 4.83. The van der Waals surface area contributed by atoms with Gasteiger partial charge in [0.15, 0.2) is 9.84 Å². The lowest BCUT2D eigenvalue weighted by atomic mass is 9.96. The van der Waals surface area contributed by atoms with Crippen molar-refractivity contribution in [1.29, 1.82) is 0 Å². The molecular weight excluding hydrogens is 242 g/mol. The van der Waals surface area contributed by atoms with Crippen LogP contribution in [0, 0.1) is 0 Å². The molecule has 0 aromatic heterocycles. The molecule has 0 aliphatic heterocycles. The third-order valence-electron chi connectivity index (χ3n) is 2.31. The van der Waals surface area contributed by atoms with E-state index in [1.54, 1.807) is 12.1 Å². The average molecular weight is 259 g/mol. The number of rotatable bonds is 3. The Bertz CT molecular complexity index is 487. The second-order valence-electron chi connectivity index (χ2n) is 4.36. The lowest BCUT2D eigenvalue weighted by molar-refractivity contribution is 0.551. The maximum atomic E-state index is 11.5. The van der Waals surface area contributed by atoms with E-state index in [1.807, 2.05) is 26.2 Å². The maximum Gasteiger partial charge on any atom is 0.176 e. The van der Waals surface area contributed by atoms with E-state index in [1.165, 1.54) is 18.0 Å². The van der Waals surface area contributed by atoms with Gasteiger partial charge in [0, 0.05) is 16.7 Å². The van der Waals surface area contributed by atoms with Crippen LogP contribution in [0.1, 0.15) is 19.4 Å². The highest BCUT2D eigenvalue weighted by molar-refractivity contribution is 7.99. The topological polar surface area (TPSA) is 60.2 Å². The van der Waals surface area contributed by atoms with Gasteiger partial charge >= 0.3 is 0 Å². The molecule has 1 rings (SSSR count). The van der Waals surface area contributed by atoms with Crippen molar-refractivity contribution in [3.8, 4) is 0 Å². The molecule has 5 heteroatoms. The molecule has 0 unspecified atom stereocenters. The zero-order valence-corrected chi connectivity index (χ0v) is 11.6. The summed E-state index contributed by atoms with van der Waals surface area (Å²) < 4.78 is 23.1. The summed E-state index contributed by atoms with van der Waals surface area (Å²) in [5.41, 5.74) is 6.46. The summed E-state index contributed by atoms with van der Waals surface area (Å²) >= 11 is 1.42. The fourth-order valence-corrected chi connectivity index (χ4v) is 3.33. The molecule has 0 atom stereocenters. The Morgan fingerprint density at radius 2 is 1.88 bits per heavy atom. The number of sulfone groups is 1. The second kappa shape index (κ2) is 4.39. The number of nitrogens with two attached hydrogens (primary N) is 1. The third-order valence-corrected chi connectivity index (χ3v) is 4.37. The fourth-order valence-electron chi connectivity index (χ4n) is 1.37. The lowest BCUT2D eigenvalue weighted by Crippen LogP contribution is -2.28. The van der Waals surface area contributed by atoms with E-state index in [2.05, 4.69) is 0 Å². The Labute approximate surface area is 101 Å². The van der Waals surface area contributed by atoms with Gasteiger partial charge in [-0.25, -0.2) is 8.42 Å². The lowest BCUT2D eigenvalue weighted by Gasteiger charge is -2.20. The highest BCUT2D eigenvalue weighted by Crippen LogP contribution is 2.29. The summed E-state index contributed by atoms with van der Waals surface area (Å²) in [6.07, 6.45) is 3.08.